The summed E-state index contributed by atoms with van der Waals surface area (Å²) in [6, 6.07) is 9.73. The number of aromatic nitrogens is 1. The minimum Gasteiger partial charge on any atom is -0.382 e. The molecule has 2 aromatic rings. The van der Waals surface area contributed by atoms with E-state index in [-0.39, 0.29) is 23.5 Å². The number of pyridine rings is 1. The van der Waals surface area contributed by atoms with Gasteiger partial charge in [0.1, 0.15) is 11.1 Å². The quantitative estimate of drug-likeness (QED) is 0.795. The van der Waals surface area contributed by atoms with Gasteiger partial charge in [-0.3, -0.25) is 4.79 Å². The Balaban J connectivity index is 1.52. The van der Waals surface area contributed by atoms with E-state index in [0.29, 0.717) is 30.3 Å². The summed E-state index contributed by atoms with van der Waals surface area (Å²) in [5, 5.41) is 16.0. The Labute approximate surface area is 166 Å². The summed E-state index contributed by atoms with van der Waals surface area (Å²) in [5.74, 6) is -0.223. The van der Waals surface area contributed by atoms with Crippen molar-refractivity contribution >= 4 is 22.5 Å². The highest BCUT2D eigenvalue weighted by molar-refractivity contribution is 5.91. The molecule has 1 aromatic heterocycles. The third-order valence-corrected chi connectivity index (χ3v) is 5.77. The lowest BCUT2D eigenvalue weighted by Crippen LogP contribution is -2.44. The number of alkyl halides is 3. The molecule has 0 radical (unpaired) electrons. The first kappa shape index (κ1) is 19.5. The fraction of sp³-hybridized carbons (Fsp3) is 0.476. The molecule has 2 aliphatic rings. The van der Waals surface area contributed by atoms with Gasteiger partial charge in [0.05, 0.1) is 11.6 Å². The lowest BCUT2D eigenvalue weighted by molar-refractivity contribution is -0.140. The van der Waals surface area contributed by atoms with Crippen LogP contribution in [0.25, 0.3) is 10.9 Å². The van der Waals surface area contributed by atoms with Crippen molar-refractivity contribution in [2.45, 2.75) is 56.8 Å². The fourth-order valence-corrected chi connectivity index (χ4v) is 3.95. The molecule has 1 aromatic carbocycles. The van der Waals surface area contributed by atoms with Gasteiger partial charge >= 0.3 is 6.18 Å². The number of fused-ring (bicyclic) bond motifs is 1. The smallest absolute Gasteiger partial charge is 0.382 e. The van der Waals surface area contributed by atoms with Gasteiger partial charge in [0.25, 0.3) is 0 Å². The maximum atomic E-state index is 13.3. The van der Waals surface area contributed by atoms with E-state index in [1.807, 2.05) is 0 Å². The summed E-state index contributed by atoms with van der Waals surface area (Å²) in [6.45, 7) is 0. The molecule has 8 heteroatoms. The Morgan fingerprint density at radius 3 is 2.62 bits per heavy atom. The number of para-hydroxylation sites is 1. The topological polar surface area (TPSA) is 77.8 Å². The Morgan fingerprint density at radius 1 is 1.21 bits per heavy atom. The first-order valence-corrected chi connectivity index (χ1v) is 9.76. The zero-order chi connectivity index (χ0) is 20.6. The van der Waals surface area contributed by atoms with Crippen LogP contribution in [0.2, 0.25) is 0 Å². The fourth-order valence-electron chi connectivity index (χ4n) is 3.95. The average molecular weight is 402 g/mol. The van der Waals surface area contributed by atoms with Gasteiger partial charge in [-0.1, -0.05) is 18.2 Å². The van der Waals surface area contributed by atoms with Gasteiger partial charge in [0, 0.05) is 23.2 Å². The van der Waals surface area contributed by atoms with Crippen LogP contribution >= 0.6 is 0 Å². The van der Waals surface area contributed by atoms with Crippen LogP contribution in [0.5, 0.6) is 0 Å². The van der Waals surface area contributed by atoms with Crippen molar-refractivity contribution in [3.63, 3.8) is 0 Å². The van der Waals surface area contributed by atoms with E-state index in [4.69, 9.17) is 0 Å². The van der Waals surface area contributed by atoms with Crippen molar-refractivity contribution in [3.05, 3.63) is 36.0 Å². The minimum atomic E-state index is -4.53. The van der Waals surface area contributed by atoms with E-state index >= 15 is 0 Å². The predicted octanol–water partition coefficient (Wildman–Crippen LogP) is 4.40. The Bertz CT molecular complexity index is 978. The molecule has 0 aliphatic heterocycles. The van der Waals surface area contributed by atoms with E-state index < -0.39 is 17.3 Å². The van der Waals surface area contributed by atoms with Crippen molar-refractivity contribution in [1.82, 2.24) is 10.3 Å². The van der Waals surface area contributed by atoms with Crippen LogP contribution in [0.15, 0.2) is 30.3 Å². The first-order valence-electron chi connectivity index (χ1n) is 9.76. The van der Waals surface area contributed by atoms with Crippen LogP contribution in [0.1, 0.15) is 44.2 Å². The summed E-state index contributed by atoms with van der Waals surface area (Å²) in [6.07, 6.45) is -0.300. The summed E-state index contributed by atoms with van der Waals surface area (Å²) < 4.78 is 39.8. The number of nitriles is 1. The second kappa shape index (κ2) is 7.21. The van der Waals surface area contributed by atoms with E-state index in [1.165, 1.54) is 0 Å². The molecule has 2 fully saturated rings. The number of amides is 1. The van der Waals surface area contributed by atoms with Crippen molar-refractivity contribution in [2.75, 3.05) is 5.32 Å². The zero-order valence-electron chi connectivity index (χ0n) is 15.7. The standard InChI is InChI=1S/C21H21F3N4O/c22-21(23,24)18-11-17(15-6-1-2-7-16(15)28-18)26-13-4-3-5-14(10-13)27-19(29)20(12-25)8-9-20/h1-2,6-7,11,13-14H,3-5,8-10H2,(H,26,28)(H,27,29)/t13-,14+/m0/s1. The van der Waals surface area contributed by atoms with Gasteiger partial charge in [-0.2, -0.15) is 18.4 Å². The van der Waals surface area contributed by atoms with Gasteiger partial charge in [-0.15, -0.1) is 0 Å². The second-order valence-corrected chi connectivity index (χ2v) is 7.94. The summed E-state index contributed by atoms with van der Waals surface area (Å²) in [4.78, 5) is 16.1. The highest BCUT2D eigenvalue weighted by Gasteiger charge is 2.51. The van der Waals surface area contributed by atoms with Crippen molar-refractivity contribution < 1.29 is 18.0 Å². The molecule has 2 aliphatic carbocycles. The number of hydrogen-bond acceptors (Lipinski definition) is 4. The van der Waals surface area contributed by atoms with Crippen molar-refractivity contribution in [2.24, 2.45) is 5.41 Å². The van der Waals surface area contributed by atoms with Gasteiger partial charge in [0.15, 0.2) is 0 Å². The highest BCUT2D eigenvalue weighted by atomic mass is 19.4. The lowest BCUT2D eigenvalue weighted by atomic mass is 9.90. The number of benzene rings is 1. The number of nitrogens with one attached hydrogen (secondary N) is 2. The number of carbonyl (C=O) groups is 1. The zero-order valence-corrected chi connectivity index (χ0v) is 15.7. The van der Waals surface area contributed by atoms with E-state index in [1.54, 1.807) is 24.3 Å². The van der Waals surface area contributed by atoms with Crippen LogP contribution in [0, 0.1) is 16.7 Å². The van der Waals surface area contributed by atoms with Gasteiger partial charge in [-0.25, -0.2) is 4.98 Å². The molecule has 1 heterocycles. The maximum absolute atomic E-state index is 13.3. The van der Waals surface area contributed by atoms with Gasteiger partial charge < -0.3 is 10.6 Å². The number of carbonyl (C=O) groups excluding carboxylic acids is 1. The Kier molecular flexibility index (Phi) is 4.85. The second-order valence-electron chi connectivity index (χ2n) is 7.94. The van der Waals surface area contributed by atoms with Crippen LogP contribution in [0.3, 0.4) is 0 Å². The van der Waals surface area contributed by atoms with Crippen LogP contribution in [-0.2, 0) is 11.0 Å². The van der Waals surface area contributed by atoms with Crippen LogP contribution in [0.4, 0.5) is 18.9 Å². The Morgan fingerprint density at radius 2 is 1.93 bits per heavy atom. The van der Waals surface area contributed by atoms with Crippen LogP contribution in [-0.4, -0.2) is 23.0 Å². The molecule has 1 amide bonds. The highest BCUT2D eigenvalue weighted by Crippen LogP contribution is 2.45. The van der Waals surface area contributed by atoms with E-state index in [2.05, 4.69) is 21.7 Å². The number of anilines is 1. The third kappa shape index (κ3) is 4.00. The largest absolute Gasteiger partial charge is 0.433 e. The molecule has 2 atom stereocenters. The molecule has 152 valence electrons. The number of halogens is 3. The van der Waals surface area contributed by atoms with Gasteiger partial charge in [-0.05, 0) is 50.7 Å². The monoisotopic (exact) mass is 402 g/mol. The molecule has 0 spiro atoms. The molecule has 0 bridgehead atoms. The van der Waals surface area contributed by atoms with E-state index in [0.717, 1.165) is 25.3 Å². The molecule has 4 rings (SSSR count). The molecule has 0 unspecified atom stereocenters. The maximum Gasteiger partial charge on any atom is 0.433 e. The van der Waals surface area contributed by atoms with Crippen molar-refractivity contribution in [3.8, 4) is 6.07 Å². The van der Waals surface area contributed by atoms with E-state index in [9.17, 15) is 23.2 Å². The summed E-state index contributed by atoms with van der Waals surface area (Å²) >= 11 is 0. The predicted molar refractivity (Wildman–Crippen MR) is 102 cm³/mol. The molecular formula is C21H21F3N4O. The molecule has 2 saturated carbocycles. The number of rotatable bonds is 4. The Hall–Kier alpha value is -2.82. The average Bonchev–Trinajstić information content (AvgIpc) is 3.49. The van der Waals surface area contributed by atoms with Gasteiger partial charge in [0.2, 0.25) is 5.91 Å². The minimum absolute atomic E-state index is 0.0711. The van der Waals surface area contributed by atoms with Crippen LogP contribution < -0.4 is 10.6 Å². The number of hydrogen-bond donors (Lipinski definition) is 2. The normalized spacial score (nSPS) is 23.2. The molecule has 5 nitrogen and oxygen atoms in total. The summed E-state index contributed by atoms with van der Waals surface area (Å²) in [5.41, 5.74) is -1.11. The molecule has 29 heavy (non-hydrogen) atoms. The first-order chi connectivity index (χ1) is 13.8. The van der Waals surface area contributed by atoms with Crippen molar-refractivity contribution in [1.29, 1.82) is 5.26 Å². The molecular weight excluding hydrogens is 381 g/mol. The lowest BCUT2D eigenvalue weighted by Gasteiger charge is -2.32. The summed E-state index contributed by atoms with van der Waals surface area (Å²) in [7, 11) is 0. The SMILES string of the molecule is N#CC1(C(=O)N[C@@H]2CCC[C@H](Nc3cc(C(F)(F)F)nc4ccccc34)C2)CC1. The third-order valence-electron chi connectivity index (χ3n) is 5.77. The number of nitrogens with zero attached hydrogens (tertiary/aromatic N) is 2. The molecule has 2 N–H and O–H groups in total. The molecule has 0 saturated heterocycles.